The molecule has 0 spiro atoms. The van der Waals surface area contributed by atoms with Gasteiger partial charge in [0.15, 0.2) is 5.65 Å². The van der Waals surface area contributed by atoms with E-state index in [0.29, 0.717) is 27.7 Å². The second-order valence-electron chi connectivity index (χ2n) is 7.14. The highest BCUT2D eigenvalue weighted by atomic mass is 35.5. The molecular formula is C19H16ClFN8O2. The van der Waals surface area contributed by atoms with Crippen molar-refractivity contribution in [2.45, 2.75) is 25.4 Å². The largest absolute Gasteiger partial charge is 0.351 e. The Balaban J connectivity index is 1.51. The van der Waals surface area contributed by atoms with Crippen LogP contribution in [0.1, 0.15) is 24.0 Å². The van der Waals surface area contributed by atoms with Crippen LogP contribution in [0.2, 0.25) is 5.02 Å². The fourth-order valence-corrected chi connectivity index (χ4v) is 3.32. The number of carbonyl (C=O) groups is 2. The van der Waals surface area contributed by atoms with Crippen LogP contribution in [0.3, 0.4) is 0 Å². The molecule has 2 aromatic heterocycles. The van der Waals surface area contributed by atoms with Crippen LogP contribution in [0.5, 0.6) is 0 Å². The van der Waals surface area contributed by atoms with Crippen LogP contribution >= 0.6 is 11.6 Å². The number of halogens is 2. The van der Waals surface area contributed by atoms with Crippen LogP contribution in [0.25, 0.3) is 11.7 Å². The topological polar surface area (TPSA) is 125 Å². The molecule has 1 aromatic carbocycles. The zero-order valence-corrected chi connectivity index (χ0v) is 16.7. The summed E-state index contributed by atoms with van der Waals surface area (Å²) in [5.74, 6) is -0.285. The molecule has 4 N–H and O–H groups in total. The summed E-state index contributed by atoms with van der Waals surface area (Å²) in [5, 5.41) is 15.5. The lowest BCUT2D eigenvalue weighted by Crippen LogP contribution is -2.22. The van der Waals surface area contributed by atoms with E-state index < -0.39 is 17.8 Å². The van der Waals surface area contributed by atoms with Crippen molar-refractivity contribution in [3.8, 4) is 0 Å². The monoisotopic (exact) mass is 442 g/mol. The van der Waals surface area contributed by atoms with Gasteiger partial charge >= 0.3 is 6.03 Å². The van der Waals surface area contributed by atoms with Crippen molar-refractivity contribution in [1.82, 2.24) is 30.2 Å². The number of aromatic nitrogens is 4. The summed E-state index contributed by atoms with van der Waals surface area (Å²) in [7, 11) is 0. The van der Waals surface area contributed by atoms with Gasteiger partial charge in [-0.3, -0.25) is 10.1 Å². The van der Waals surface area contributed by atoms with Crippen LogP contribution in [-0.2, 0) is 11.3 Å². The maximum absolute atomic E-state index is 14.1. The Morgan fingerprint density at radius 2 is 2.10 bits per heavy atom. The lowest BCUT2D eigenvalue weighted by Gasteiger charge is -2.11. The molecular weight excluding hydrogens is 427 g/mol. The Hall–Kier alpha value is -3.73. The van der Waals surface area contributed by atoms with Crippen molar-refractivity contribution >= 4 is 47.2 Å². The SMILES string of the molecule is O=C1NC(=O)/C(=C/c2cnn3c(NC4CC4)nc(NCc4c(F)cccc4Cl)nc23)N1. The van der Waals surface area contributed by atoms with E-state index in [1.54, 1.807) is 6.07 Å². The predicted molar refractivity (Wildman–Crippen MR) is 111 cm³/mol. The third-order valence-corrected chi connectivity index (χ3v) is 5.16. The zero-order chi connectivity index (χ0) is 21.5. The predicted octanol–water partition coefficient (Wildman–Crippen LogP) is 2.28. The van der Waals surface area contributed by atoms with Gasteiger partial charge in [0.05, 0.1) is 6.20 Å². The molecule has 1 aliphatic carbocycles. The Morgan fingerprint density at radius 3 is 2.81 bits per heavy atom. The Morgan fingerprint density at radius 1 is 1.26 bits per heavy atom. The fraction of sp³-hybridized carbons (Fsp3) is 0.211. The molecule has 3 amide bonds. The zero-order valence-electron chi connectivity index (χ0n) is 15.9. The standard InChI is InChI=1S/C19H16ClFN8O2/c20-12-2-1-3-13(21)11(12)8-22-17-26-15-9(6-14-16(30)27-19(31)25-14)7-23-29(15)18(28-17)24-10-4-5-10/h1-3,6-7,10H,4-5,8H2,(H2,22,24,26,28)(H2,25,27,30,31)/b14-6-. The van der Waals surface area contributed by atoms with E-state index in [0.717, 1.165) is 12.8 Å². The summed E-state index contributed by atoms with van der Waals surface area (Å²) in [4.78, 5) is 32.2. The van der Waals surface area contributed by atoms with Crippen LogP contribution in [-0.4, -0.2) is 37.6 Å². The average Bonchev–Trinajstić information content (AvgIpc) is 3.36. The number of anilines is 2. The van der Waals surface area contributed by atoms with Gasteiger partial charge in [-0.15, -0.1) is 0 Å². The molecule has 12 heteroatoms. The molecule has 1 saturated heterocycles. The first-order chi connectivity index (χ1) is 15.0. The summed E-state index contributed by atoms with van der Waals surface area (Å²) in [6, 6.07) is 4.16. The number of rotatable bonds is 6. The van der Waals surface area contributed by atoms with E-state index in [-0.39, 0.29) is 24.2 Å². The highest BCUT2D eigenvalue weighted by Crippen LogP contribution is 2.26. The van der Waals surface area contributed by atoms with E-state index in [1.807, 2.05) is 0 Å². The Kier molecular flexibility index (Phi) is 4.66. The molecule has 10 nitrogen and oxygen atoms in total. The summed E-state index contributed by atoms with van der Waals surface area (Å²) in [6.07, 6.45) is 5.03. The van der Waals surface area contributed by atoms with Gasteiger partial charge in [0.2, 0.25) is 11.9 Å². The summed E-state index contributed by atoms with van der Waals surface area (Å²) >= 11 is 6.10. The minimum atomic E-state index is -0.595. The third-order valence-electron chi connectivity index (χ3n) is 4.81. The minimum absolute atomic E-state index is 0.0770. The number of carbonyl (C=O) groups excluding carboxylic acids is 2. The number of hydrogen-bond acceptors (Lipinski definition) is 7. The van der Waals surface area contributed by atoms with E-state index in [4.69, 9.17) is 11.6 Å². The van der Waals surface area contributed by atoms with Gasteiger partial charge in [-0.1, -0.05) is 17.7 Å². The molecule has 1 saturated carbocycles. The van der Waals surface area contributed by atoms with Crippen molar-refractivity contribution in [2.75, 3.05) is 10.6 Å². The lowest BCUT2D eigenvalue weighted by atomic mass is 10.2. The number of nitrogens with zero attached hydrogens (tertiary/aromatic N) is 4. The van der Waals surface area contributed by atoms with Crippen LogP contribution < -0.4 is 21.3 Å². The van der Waals surface area contributed by atoms with E-state index in [9.17, 15) is 14.0 Å². The molecule has 0 radical (unpaired) electrons. The summed E-state index contributed by atoms with van der Waals surface area (Å²) < 4.78 is 15.6. The van der Waals surface area contributed by atoms with Crippen molar-refractivity contribution in [2.24, 2.45) is 0 Å². The van der Waals surface area contributed by atoms with E-state index in [1.165, 1.54) is 28.9 Å². The molecule has 158 valence electrons. The molecule has 5 rings (SSSR count). The van der Waals surface area contributed by atoms with Crippen LogP contribution in [0.15, 0.2) is 30.1 Å². The van der Waals surface area contributed by atoms with Gasteiger partial charge in [0, 0.05) is 28.7 Å². The number of imide groups is 1. The molecule has 0 bridgehead atoms. The molecule has 1 aliphatic heterocycles. The van der Waals surface area contributed by atoms with Gasteiger partial charge in [0.1, 0.15) is 11.5 Å². The van der Waals surface area contributed by atoms with Crippen molar-refractivity contribution in [1.29, 1.82) is 0 Å². The quantitative estimate of drug-likeness (QED) is 0.341. The average molecular weight is 443 g/mol. The first kappa shape index (κ1) is 19.2. The van der Waals surface area contributed by atoms with Crippen molar-refractivity contribution in [3.05, 3.63) is 52.1 Å². The number of amides is 3. The number of urea groups is 1. The number of hydrogen-bond donors (Lipinski definition) is 4. The number of nitrogens with one attached hydrogen (secondary N) is 4. The maximum atomic E-state index is 14.1. The fourth-order valence-electron chi connectivity index (χ4n) is 3.09. The highest BCUT2D eigenvalue weighted by Gasteiger charge is 2.26. The number of benzene rings is 1. The summed E-state index contributed by atoms with van der Waals surface area (Å²) in [6.45, 7) is 0.0770. The maximum Gasteiger partial charge on any atom is 0.326 e. The molecule has 31 heavy (non-hydrogen) atoms. The summed E-state index contributed by atoms with van der Waals surface area (Å²) in [5.41, 5.74) is 1.29. The lowest BCUT2D eigenvalue weighted by molar-refractivity contribution is -0.115. The second-order valence-corrected chi connectivity index (χ2v) is 7.55. The van der Waals surface area contributed by atoms with Crippen LogP contribution in [0.4, 0.5) is 21.1 Å². The Labute approximate surface area is 179 Å². The van der Waals surface area contributed by atoms with Crippen molar-refractivity contribution < 1.29 is 14.0 Å². The van der Waals surface area contributed by atoms with Gasteiger partial charge in [-0.05, 0) is 31.1 Å². The van der Waals surface area contributed by atoms with Gasteiger partial charge in [-0.2, -0.15) is 19.6 Å². The molecule has 2 aliphatic rings. The smallest absolute Gasteiger partial charge is 0.326 e. The Bertz CT molecular complexity index is 1230. The number of fused-ring (bicyclic) bond motifs is 1. The second kappa shape index (κ2) is 7.51. The molecule has 0 unspecified atom stereocenters. The van der Waals surface area contributed by atoms with Gasteiger partial charge in [-0.25, -0.2) is 9.18 Å². The first-order valence-corrected chi connectivity index (χ1v) is 9.89. The third kappa shape index (κ3) is 3.87. The van der Waals surface area contributed by atoms with E-state index >= 15 is 0 Å². The van der Waals surface area contributed by atoms with Crippen molar-refractivity contribution in [3.63, 3.8) is 0 Å². The molecule has 0 atom stereocenters. The van der Waals surface area contributed by atoms with Crippen LogP contribution in [0, 0.1) is 5.82 Å². The molecule has 3 heterocycles. The van der Waals surface area contributed by atoms with Gasteiger partial charge in [0.25, 0.3) is 5.91 Å². The van der Waals surface area contributed by atoms with E-state index in [2.05, 4.69) is 36.3 Å². The first-order valence-electron chi connectivity index (χ1n) is 9.51. The van der Waals surface area contributed by atoms with Gasteiger partial charge < -0.3 is 16.0 Å². The normalized spacial score (nSPS) is 17.2. The molecule has 3 aromatic rings. The minimum Gasteiger partial charge on any atom is -0.351 e. The highest BCUT2D eigenvalue weighted by molar-refractivity contribution is 6.31. The molecule has 2 fully saturated rings.